The SMILES string of the molecule is Cc1ccc2ccc3c(-c4cccc(-c5nc(-c6ccccc6)c6sc7ccccc7c6n5)c4)cc(C)nc3c2n1. The van der Waals surface area contributed by atoms with Crippen molar-refractivity contribution in [1.29, 1.82) is 0 Å². The van der Waals surface area contributed by atoms with Crippen LogP contribution in [0.3, 0.4) is 0 Å². The first-order valence-electron chi connectivity index (χ1n) is 13.7. The maximum Gasteiger partial charge on any atom is 0.160 e. The monoisotopic (exact) mass is 544 g/mol. The molecule has 0 unspecified atom stereocenters. The zero-order valence-electron chi connectivity index (χ0n) is 22.6. The molecule has 0 aliphatic heterocycles. The summed E-state index contributed by atoms with van der Waals surface area (Å²) in [6.45, 7) is 4.07. The van der Waals surface area contributed by atoms with Crippen LogP contribution in [-0.4, -0.2) is 19.9 Å². The molecule has 0 N–H and O–H groups in total. The smallest absolute Gasteiger partial charge is 0.160 e. The third-order valence-electron chi connectivity index (χ3n) is 7.60. The van der Waals surface area contributed by atoms with Gasteiger partial charge in [0.25, 0.3) is 0 Å². The molecule has 5 heteroatoms. The van der Waals surface area contributed by atoms with Gasteiger partial charge in [-0.1, -0.05) is 84.9 Å². The molecule has 0 aliphatic carbocycles. The van der Waals surface area contributed by atoms with Crippen molar-refractivity contribution in [3.05, 3.63) is 121 Å². The van der Waals surface area contributed by atoms with Gasteiger partial charge in [0, 0.05) is 43.4 Å². The van der Waals surface area contributed by atoms with Crippen LogP contribution in [0.4, 0.5) is 0 Å². The molecular formula is C36H24N4S. The number of benzene rings is 4. The molecule has 194 valence electrons. The second kappa shape index (κ2) is 9.29. The lowest BCUT2D eigenvalue weighted by molar-refractivity contribution is 1.23. The van der Waals surface area contributed by atoms with Crippen molar-refractivity contribution >= 4 is 53.4 Å². The summed E-state index contributed by atoms with van der Waals surface area (Å²) in [5.41, 5.74) is 10.1. The molecule has 0 saturated heterocycles. The van der Waals surface area contributed by atoms with Crippen molar-refractivity contribution in [3.8, 4) is 33.8 Å². The largest absolute Gasteiger partial charge is 0.251 e. The highest BCUT2D eigenvalue weighted by Crippen LogP contribution is 2.40. The first kappa shape index (κ1) is 23.9. The Kier molecular flexibility index (Phi) is 5.40. The van der Waals surface area contributed by atoms with Gasteiger partial charge in [0.05, 0.1) is 26.9 Å². The molecule has 4 aromatic carbocycles. The normalized spacial score (nSPS) is 11.7. The van der Waals surface area contributed by atoms with Gasteiger partial charge >= 0.3 is 0 Å². The molecule has 0 radical (unpaired) electrons. The molecule has 41 heavy (non-hydrogen) atoms. The van der Waals surface area contributed by atoms with Crippen LogP contribution < -0.4 is 0 Å². The Bertz CT molecular complexity index is 2290. The van der Waals surface area contributed by atoms with Crippen molar-refractivity contribution in [3.63, 3.8) is 0 Å². The van der Waals surface area contributed by atoms with Gasteiger partial charge in [0.1, 0.15) is 0 Å². The highest BCUT2D eigenvalue weighted by molar-refractivity contribution is 7.26. The zero-order chi connectivity index (χ0) is 27.5. The van der Waals surface area contributed by atoms with Crippen LogP contribution in [0.5, 0.6) is 0 Å². The number of fused-ring (bicyclic) bond motifs is 6. The van der Waals surface area contributed by atoms with Crippen molar-refractivity contribution < 1.29 is 0 Å². The third kappa shape index (κ3) is 3.97. The Hall–Kier alpha value is -5.00. The minimum absolute atomic E-state index is 0.722. The van der Waals surface area contributed by atoms with Crippen molar-refractivity contribution in [2.75, 3.05) is 0 Å². The lowest BCUT2D eigenvalue weighted by Gasteiger charge is -2.12. The van der Waals surface area contributed by atoms with Gasteiger partial charge in [0.15, 0.2) is 5.82 Å². The Balaban J connectivity index is 1.36. The minimum atomic E-state index is 0.722. The Morgan fingerprint density at radius 3 is 2.17 bits per heavy atom. The molecule has 0 amide bonds. The predicted molar refractivity (Wildman–Crippen MR) is 171 cm³/mol. The van der Waals surface area contributed by atoms with E-state index in [1.807, 2.05) is 26.0 Å². The number of hydrogen-bond acceptors (Lipinski definition) is 5. The number of thiophene rings is 1. The number of pyridine rings is 2. The number of nitrogens with zero attached hydrogens (tertiary/aromatic N) is 4. The molecule has 0 aliphatic rings. The van der Waals surface area contributed by atoms with Crippen LogP contribution in [0.15, 0.2) is 109 Å². The fourth-order valence-corrected chi connectivity index (χ4v) is 6.83. The first-order chi connectivity index (χ1) is 20.1. The molecule has 0 fully saturated rings. The van der Waals surface area contributed by atoms with E-state index in [-0.39, 0.29) is 0 Å². The number of aromatic nitrogens is 4. The summed E-state index contributed by atoms with van der Waals surface area (Å²) in [4.78, 5) is 20.1. The molecular weight excluding hydrogens is 520 g/mol. The lowest BCUT2D eigenvalue weighted by Crippen LogP contribution is -1.95. The van der Waals surface area contributed by atoms with Crippen LogP contribution in [0.1, 0.15) is 11.4 Å². The number of aryl methyl sites for hydroxylation is 2. The Morgan fingerprint density at radius 2 is 1.27 bits per heavy atom. The second-order valence-corrected chi connectivity index (χ2v) is 11.5. The summed E-state index contributed by atoms with van der Waals surface area (Å²) in [6.07, 6.45) is 0. The quantitative estimate of drug-likeness (QED) is 0.208. The molecule has 4 heterocycles. The van der Waals surface area contributed by atoms with E-state index in [2.05, 4.69) is 97.1 Å². The van der Waals surface area contributed by atoms with E-state index in [0.29, 0.717) is 0 Å². The second-order valence-electron chi connectivity index (χ2n) is 10.4. The van der Waals surface area contributed by atoms with Crippen molar-refractivity contribution in [2.45, 2.75) is 13.8 Å². The molecule has 8 aromatic rings. The van der Waals surface area contributed by atoms with Crippen LogP contribution in [0.25, 0.3) is 75.9 Å². The number of rotatable bonds is 3. The lowest BCUT2D eigenvalue weighted by atomic mass is 9.97. The van der Waals surface area contributed by atoms with E-state index < -0.39 is 0 Å². The van der Waals surface area contributed by atoms with Crippen LogP contribution in [0, 0.1) is 13.8 Å². The Labute approximate surface area is 241 Å². The molecule has 0 saturated carbocycles. The average Bonchev–Trinajstić information content (AvgIpc) is 3.39. The molecule has 0 spiro atoms. The maximum absolute atomic E-state index is 5.18. The van der Waals surface area contributed by atoms with E-state index in [1.54, 1.807) is 11.3 Å². The van der Waals surface area contributed by atoms with Gasteiger partial charge < -0.3 is 0 Å². The van der Waals surface area contributed by atoms with Crippen LogP contribution in [0.2, 0.25) is 0 Å². The van der Waals surface area contributed by atoms with Crippen LogP contribution in [-0.2, 0) is 0 Å². The van der Waals surface area contributed by atoms with Gasteiger partial charge in [-0.2, -0.15) is 0 Å². The Morgan fingerprint density at radius 1 is 0.512 bits per heavy atom. The third-order valence-corrected chi connectivity index (χ3v) is 8.77. The summed E-state index contributed by atoms with van der Waals surface area (Å²) in [5, 5.41) is 3.34. The van der Waals surface area contributed by atoms with Gasteiger partial charge in [0.2, 0.25) is 0 Å². The minimum Gasteiger partial charge on any atom is -0.251 e. The van der Waals surface area contributed by atoms with Gasteiger partial charge in [-0.25, -0.2) is 9.97 Å². The van der Waals surface area contributed by atoms with Crippen LogP contribution >= 0.6 is 11.3 Å². The summed E-state index contributed by atoms with van der Waals surface area (Å²) in [5.74, 6) is 0.722. The fourth-order valence-electron chi connectivity index (χ4n) is 5.67. The highest BCUT2D eigenvalue weighted by Gasteiger charge is 2.17. The van der Waals surface area contributed by atoms with Gasteiger partial charge in [-0.3, -0.25) is 9.97 Å². The van der Waals surface area contributed by atoms with E-state index in [0.717, 1.165) is 82.6 Å². The van der Waals surface area contributed by atoms with E-state index >= 15 is 0 Å². The van der Waals surface area contributed by atoms with Crippen molar-refractivity contribution in [2.24, 2.45) is 0 Å². The van der Waals surface area contributed by atoms with Gasteiger partial charge in [-0.05, 0) is 49.2 Å². The molecule has 4 nitrogen and oxygen atoms in total. The molecule has 4 aromatic heterocycles. The predicted octanol–water partition coefficient (Wildman–Crippen LogP) is 9.56. The topological polar surface area (TPSA) is 51.6 Å². The highest BCUT2D eigenvalue weighted by atomic mass is 32.1. The average molecular weight is 545 g/mol. The fraction of sp³-hybridized carbons (Fsp3) is 0.0556. The summed E-state index contributed by atoms with van der Waals surface area (Å²) in [7, 11) is 0. The summed E-state index contributed by atoms with van der Waals surface area (Å²) < 4.78 is 2.33. The first-order valence-corrected chi connectivity index (χ1v) is 14.5. The summed E-state index contributed by atoms with van der Waals surface area (Å²) in [6, 6.07) is 38.1. The maximum atomic E-state index is 5.18. The molecule has 0 atom stereocenters. The number of hydrogen-bond donors (Lipinski definition) is 0. The molecule has 8 rings (SSSR count). The molecule has 0 bridgehead atoms. The summed E-state index contributed by atoms with van der Waals surface area (Å²) >= 11 is 1.75. The standard InChI is InChI=1S/C36H24N4S/c1-21-15-16-24-17-18-27-29(19-22(2)38-33(27)31(24)37-21)25-11-8-12-26(20-25)36-39-32(23-9-4-3-5-10-23)35-34(40-36)28-13-6-7-14-30(28)41-35/h3-20H,1-2H3. The van der Waals surface area contributed by atoms with E-state index in [4.69, 9.17) is 19.9 Å². The van der Waals surface area contributed by atoms with E-state index in [1.165, 1.54) is 4.70 Å². The van der Waals surface area contributed by atoms with Gasteiger partial charge in [-0.15, -0.1) is 11.3 Å². The zero-order valence-corrected chi connectivity index (χ0v) is 23.4. The van der Waals surface area contributed by atoms with Crippen molar-refractivity contribution in [1.82, 2.24) is 19.9 Å². The van der Waals surface area contributed by atoms with E-state index in [9.17, 15) is 0 Å².